The summed E-state index contributed by atoms with van der Waals surface area (Å²) < 4.78 is 0. The van der Waals surface area contributed by atoms with E-state index >= 15 is 0 Å². The number of aliphatic carboxylic acids is 1. The second kappa shape index (κ2) is 6.45. The Hall–Kier alpha value is -0.280. The van der Waals surface area contributed by atoms with Crippen molar-refractivity contribution in [2.75, 3.05) is 19.6 Å². The number of piperidine rings is 1. The summed E-state index contributed by atoms with van der Waals surface area (Å²) in [5.41, 5.74) is 0. The van der Waals surface area contributed by atoms with Crippen LogP contribution in [0.5, 0.6) is 0 Å². The van der Waals surface area contributed by atoms with Crippen LogP contribution in [0.2, 0.25) is 0 Å². The van der Waals surface area contributed by atoms with Crippen molar-refractivity contribution in [1.82, 2.24) is 4.90 Å². The molecule has 0 aromatic heterocycles. The predicted molar refractivity (Wildman–Crippen MR) is 66.0 cm³/mol. The summed E-state index contributed by atoms with van der Waals surface area (Å²) in [6, 6.07) is 0. The number of fused-ring (bicyclic) bond motifs is 1. The van der Waals surface area contributed by atoms with Crippen molar-refractivity contribution in [2.45, 2.75) is 38.5 Å². The fourth-order valence-electron chi connectivity index (χ4n) is 3.13. The molecule has 2 aliphatic rings. The Morgan fingerprint density at radius 1 is 1.19 bits per heavy atom. The van der Waals surface area contributed by atoms with E-state index in [1.807, 2.05) is 0 Å². The van der Waals surface area contributed by atoms with Crippen LogP contribution in [0.4, 0.5) is 0 Å². The van der Waals surface area contributed by atoms with Crippen LogP contribution in [-0.2, 0) is 4.79 Å². The van der Waals surface area contributed by atoms with Crippen molar-refractivity contribution < 1.29 is 9.90 Å². The molecule has 4 heteroatoms. The molecule has 1 saturated heterocycles. The summed E-state index contributed by atoms with van der Waals surface area (Å²) >= 11 is 0. The summed E-state index contributed by atoms with van der Waals surface area (Å²) in [4.78, 5) is 12.8. The zero-order chi connectivity index (χ0) is 10.7. The second-order valence-corrected chi connectivity index (χ2v) is 5.04. The lowest BCUT2D eigenvalue weighted by Gasteiger charge is -2.41. The molecule has 0 amide bonds. The lowest BCUT2D eigenvalue weighted by molar-refractivity contribution is -0.137. The number of hydrogen-bond acceptors (Lipinski definition) is 2. The van der Waals surface area contributed by atoms with Crippen LogP contribution in [0.3, 0.4) is 0 Å². The third kappa shape index (κ3) is 3.63. The second-order valence-electron chi connectivity index (χ2n) is 5.04. The molecule has 0 unspecified atom stereocenters. The van der Waals surface area contributed by atoms with Gasteiger partial charge in [-0.15, -0.1) is 12.4 Å². The fourth-order valence-corrected chi connectivity index (χ4v) is 3.13. The average molecular weight is 248 g/mol. The largest absolute Gasteiger partial charge is 0.481 e. The highest BCUT2D eigenvalue weighted by molar-refractivity contribution is 5.85. The van der Waals surface area contributed by atoms with Gasteiger partial charge in [-0.1, -0.05) is 19.3 Å². The maximum Gasteiger partial charge on any atom is 0.304 e. The van der Waals surface area contributed by atoms with Gasteiger partial charge >= 0.3 is 5.97 Å². The van der Waals surface area contributed by atoms with E-state index in [1.54, 1.807) is 0 Å². The number of nitrogens with zero attached hydrogens (tertiary/aromatic N) is 1. The van der Waals surface area contributed by atoms with Crippen LogP contribution in [0, 0.1) is 11.8 Å². The number of halogens is 1. The standard InChI is InChI=1S/C12H21NO2.ClH/c14-12(15)6-8-13-7-5-10-3-1-2-4-11(10)9-13;/h10-11H,1-9H2,(H,14,15);1H/t10-,11-;/m1./s1. The van der Waals surface area contributed by atoms with Crippen LogP contribution < -0.4 is 0 Å². The molecule has 2 rings (SSSR count). The maximum atomic E-state index is 10.5. The van der Waals surface area contributed by atoms with Gasteiger partial charge in [0.05, 0.1) is 6.42 Å². The minimum atomic E-state index is -0.666. The first-order valence-corrected chi connectivity index (χ1v) is 6.20. The Labute approximate surface area is 104 Å². The average Bonchev–Trinajstić information content (AvgIpc) is 2.26. The molecule has 0 aromatic carbocycles. The summed E-state index contributed by atoms with van der Waals surface area (Å²) in [5, 5.41) is 8.65. The van der Waals surface area contributed by atoms with Gasteiger partial charge in [0.25, 0.3) is 0 Å². The number of carbonyl (C=O) groups is 1. The molecular weight excluding hydrogens is 226 g/mol. The van der Waals surface area contributed by atoms with Gasteiger partial charge in [-0.2, -0.15) is 0 Å². The summed E-state index contributed by atoms with van der Waals surface area (Å²) in [6.45, 7) is 3.02. The van der Waals surface area contributed by atoms with Crippen LogP contribution in [0.1, 0.15) is 38.5 Å². The van der Waals surface area contributed by atoms with Gasteiger partial charge in [0.15, 0.2) is 0 Å². The van der Waals surface area contributed by atoms with E-state index in [0.717, 1.165) is 31.5 Å². The molecule has 0 radical (unpaired) electrons. The van der Waals surface area contributed by atoms with Crippen molar-refractivity contribution >= 4 is 18.4 Å². The van der Waals surface area contributed by atoms with Crippen LogP contribution in [0.15, 0.2) is 0 Å². The van der Waals surface area contributed by atoms with Gasteiger partial charge in [-0.3, -0.25) is 4.79 Å². The molecule has 16 heavy (non-hydrogen) atoms. The molecule has 0 bridgehead atoms. The highest BCUT2D eigenvalue weighted by Crippen LogP contribution is 2.35. The molecule has 1 aliphatic heterocycles. The lowest BCUT2D eigenvalue weighted by atomic mass is 9.75. The van der Waals surface area contributed by atoms with Crippen molar-refractivity contribution in [3.63, 3.8) is 0 Å². The molecular formula is C12H22ClNO2. The van der Waals surface area contributed by atoms with Gasteiger partial charge in [0.1, 0.15) is 0 Å². The molecule has 3 nitrogen and oxygen atoms in total. The molecule has 94 valence electrons. The van der Waals surface area contributed by atoms with Gasteiger partial charge < -0.3 is 10.0 Å². The molecule has 2 fully saturated rings. The van der Waals surface area contributed by atoms with E-state index in [2.05, 4.69) is 4.90 Å². The number of rotatable bonds is 3. The molecule has 1 aliphatic carbocycles. The Balaban J connectivity index is 0.00000128. The highest BCUT2D eigenvalue weighted by Gasteiger charge is 2.30. The van der Waals surface area contributed by atoms with E-state index in [0.29, 0.717) is 6.42 Å². The van der Waals surface area contributed by atoms with Crippen molar-refractivity contribution in [3.05, 3.63) is 0 Å². The highest BCUT2D eigenvalue weighted by atomic mass is 35.5. The van der Waals surface area contributed by atoms with E-state index in [1.165, 1.54) is 32.1 Å². The minimum Gasteiger partial charge on any atom is -0.481 e. The molecule has 1 heterocycles. The molecule has 1 saturated carbocycles. The number of carboxylic acid groups (broad SMARTS) is 1. The fraction of sp³-hybridized carbons (Fsp3) is 0.917. The van der Waals surface area contributed by atoms with Gasteiger partial charge in [0.2, 0.25) is 0 Å². The van der Waals surface area contributed by atoms with Crippen LogP contribution in [0.25, 0.3) is 0 Å². The number of hydrogen-bond donors (Lipinski definition) is 1. The normalized spacial score (nSPS) is 30.2. The van der Waals surface area contributed by atoms with E-state index in [9.17, 15) is 4.79 Å². The van der Waals surface area contributed by atoms with Gasteiger partial charge in [0, 0.05) is 13.1 Å². The van der Waals surface area contributed by atoms with Gasteiger partial charge in [-0.25, -0.2) is 0 Å². The first-order valence-electron chi connectivity index (χ1n) is 6.20. The molecule has 0 aromatic rings. The Kier molecular flexibility index (Phi) is 5.56. The first kappa shape index (κ1) is 13.8. The zero-order valence-corrected chi connectivity index (χ0v) is 10.5. The summed E-state index contributed by atoms with van der Waals surface area (Å²) in [7, 11) is 0. The first-order chi connectivity index (χ1) is 7.25. The Morgan fingerprint density at radius 2 is 1.88 bits per heavy atom. The molecule has 2 atom stereocenters. The van der Waals surface area contributed by atoms with E-state index in [-0.39, 0.29) is 12.4 Å². The van der Waals surface area contributed by atoms with E-state index in [4.69, 9.17) is 5.11 Å². The third-order valence-electron chi connectivity index (χ3n) is 4.02. The van der Waals surface area contributed by atoms with E-state index < -0.39 is 5.97 Å². The number of carboxylic acids is 1. The minimum absolute atomic E-state index is 0. The zero-order valence-electron chi connectivity index (χ0n) is 9.73. The van der Waals surface area contributed by atoms with Crippen LogP contribution in [-0.4, -0.2) is 35.6 Å². The number of likely N-dealkylation sites (tertiary alicyclic amines) is 1. The summed E-state index contributed by atoms with van der Waals surface area (Å²) in [5.74, 6) is 1.14. The SMILES string of the molecule is Cl.O=C(O)CCN1CC[C@H]2CCCC[C@@H]2C1. The third-order valence-corrected chi connectivity index (χ3v) is 4.02. The smallest absolute Gasteiger partial charge is 0.304 e. The van der Waals surface area contributed by atoms with Crippen molar-refractivity contribution in [2.24, 2.45) is 11.8 Å². The lowest BCUT2D eigenvalue weighted by Crippen LogP contribution is -2.42. The maximum absolute atomic E-state index is 10.5. The van der Waals surface area contributed by atoms with Crippen LogP contribution >= 0.6 is 12.4 Å². The Bertz CT molecular complexity index is 235. The van der Waals surface area contributed by atoms with Crippen molar-refractivity contribution in [3.8, 4) is 0 Å². The predicted octanol–water partition coefficient (Wildman–Crippen LogP) is 2.40. The molecule has 0 spiro atoms. The molecule has 1 N–H and O–H groups in total. The Morgan fingerprint density at radius 3 is 2.56 bits per heavy atom. The topological polar surface area (TPSA) is 40.5 Å². The van der Waals surface area contributed by atoms with Gasteiger partial charge in [-0.05, 0) is 31.2 Å². The summed E-state index contributed by atoms with van der Waals surface area (Å²) in [6.07, 6.45) is 7.18. The van der Waals surface area contributed by atoms with Crippen molar-refractivity contribution in [1.29, 1.82) is 0 Å². The monoisotopic (exact) mass is 247 g/mol. The quantitative estimate of drug-likeness (QED) is 0.833.